The average molecular weight is 373 g/mol. The van der Waals surface area contributed by atoms with Crippen LogP contribution in [0, 0.1) is 56.7 Å². The molecule has 1 saturated carbocycles. The molecule has 0 bridgehead atoms. The van der Waals surface area contributed by atoms with Crippen LogP contribution in [-0.2, 0) is 4.74 Å². The molecule has 140 valence electrons. The number of benzene rings is 1. The summed E-state index contributed by atoms with van der Waals surface area (Å²) in [5, 5.41) is 38.0. The quantitative estimate of drug-likeness (QED) is 0.626. The van der Waals surface area contributed by atoms with Gasteiger partial charge in [0.2, 0.25) is 5.41 Å². The fourth-order valence-corrected chi connectivity index (χ4v) is 4.26. The minimum absolute atomic E-state index is 0.172. The summed E-state index contributed by atoms with van der Waals surface area (Å²) < 4.78 is 4.72. The number of ether oxygens (including phenoxy) is 1. The average Bonchev–Trinajstić information content (AvgIpc) is 2.73. The lowest BCUT2D eigenvalue weighted by molar-refractivity contribution is 0.0600. The first-order valence-electron chi connectivity index (χ1n) is 8.81. The highest BCUT2D eigenvalue weighted by atomic mass is 16.5. The number of nitrogens with one attached hydrogen (secondary N) is 1. The zero-order chi connectivity index (χ0) is 20.5. The molecule has 1 aromatic carbocycles. The molecule has 7 nitrogen and oxygen atoms in total. The molecule has 1 aliphatic heterocycles. The van der Waals surface area contributed by atoms with E-state index in [1.807, 2.05) is 25.3 Å². The number of hydrogen-bond acceptors (Lipinski definition) is 7. The number of rotatable bonds is 2. The molecule has 28 heavy (non-hydrogen) atoms. The van der Waals surface area contributed by atoms with Crippen LogP contribution in [0.3, 0.4) is 0 Å². The van der Waals surface area contributed by atoms with Crippen molar-refractivity contribution in [2.24, 2.45) is 17.3 Å². The SMILES string of the molecule is COC(=O)c1ccc([C@H]2[C@H](C#N)C(=N)C(C#N)(C#N)C3=CCN(C)C[C@@H]32)cc1. The standard InChI is InChI=1S/C21H19N5O2/c1-26-8-7-17-16(10-26)18(13-3-5-14(6-4-13)20(27)28-2)15(9-22)19(25)21(17,11-23)12-24/h3-7,15-16,18,25H,8,10H2,1-2H3/t15-,16-,18-/m0/s1. The van der Waals surface area contributed by atoms with E-state index in [2.05, 4.69) is 11.0 Å². The minimum Gasteiger partial charge on any atom is -0.465 e. The molecule has 1 aromatic rings. The summed E-state index contributed by atoms with van der Waals surface area (Å²) in [4.78, 5) is 13.8. The van der Waals surface area contributed by atoms with Crippen molar-refractivity contribution in [3.05, 3.63) is 47.0 Å². The Labute approximate surface area is 163 Å². The molecule has 0 aromatic heterocycles. The molecular formula is C21H19N5O2. The van der Waals surface area contributed by atoms with E-state index < -0.39 is 17.3 Å². The summed E-state index contributed by atoms with van der Waals surface area (Å²) in [6.45, 7) is 1.15. The number of nitrogens with zero attached hydrogens (tertiary/aromatic N) is 4. The first-order chi connectivity index (χ1) is 13.4. The van der Waals surface area contributed by atoms with Crippen LogP contribution in [0.4, 0.5) is 0 Å². The number of esters is 1. The van der Waals surface area contributed by atoms with E-state index in [1.165, 1.54) is 7.11 Å². The van der Waals surface area contributed by atoms with Crippen molar-refractivity contribution in [1.82, 2.24) is 4.90 Å². The number of methoxy groups -OCH3 is 1. The second-order valence-electron chi connectivity index (χ2n) is 7.12. The second kappa shape index (κ2) is 7.27. The summed E-state index contributed by atoms with van der Waals surface area (Å²) >= 11 is 0. The summed E-state index contributed by atoms with van der Waals surface area (Å²) in [5.74, 6) is -1.99. The first kappa shape index (κ1) is 19.3. The third-order valence-corrected chi connectivity index (χ3v) is 5.66. The lowest BCUT2D eigenvalue weighted by Gasteiger charge is -2.46. The minimum atomic E-state index is -1.70. The lowest BCUT2D eigenvalue weighted by atomic mass is 9.55. The van der Waals surface area contributed by atoms with Gasteiger partial charge in [-0.3, -0.25) is 0 Å². The molecule has 0 unspecified atom stereocenters. The van der Waals surface area contributed by atoms with Gasteiger partial charge in [0.15, 0.2) is 0 Å². The number of nitriles is 3. The Morgan fingerprint density at radius 1 is 1.25 bits per heavy atom. The third-order valence-electron chi connectivity index (χ3n) is 5.66. The largest absolute Gasteiger partial charge is 0.465 e. The van der Waals surface area contributed by atoms with Gasteiger partial charge in [0.1, 0.15) is 0 Å². The Hall–Kier alpha value is -3.47. The van der Waals surface area contributed by atoms with Crippen LogP contribution in [0.15, 0.2) is 35.9 Å². The maximum Gasteiger partial charge on any atom is 0.337 e. The molecule has 1 N–H and O–H groups in total. The van der Waals surface area contributed by atoms with Gasteiger partial charge in [-0.25, -0.2) is 4.79 Å². The van der Waals surface area contributed by atoms with Gasteiger partial charge < -0.3 is 15.0 Å². The van der Waals surface area contributed by atoms with Crippen LogP contribution < -0.4 is 0 Å². The van der Waals surface area contributed by atoms with Crippen LogP contribution in [0.2, 0.25) is 0 Å². The molecule has 1 heterocycles. The van der Waals surface area contributed by atoms with E-state index in [-0.39, 0.29) is 17.5 Å². The van der Waals surface area contributed by atoms with Gasteiger partial charge >= 0.3 is 5.97 Å². The smallest absolute Gasteiger partial charge is 0.337 e. The van der Waals surface area contributed by atoms with Gasteiger partial charge in [0.05, 0.1) is 42.5 Å². The van der Waals surface area contributed by atoms with E-state index in [0.717, 1.165) is 5.56 Å². The Bertz CT molecular complexity index is 960. The molecule has 1 aliphatic carbocycles. The van der Waals surface area contributed by atoms with Crippen molar-refractivity contribution >= 4 is 11.7 Å². The summed E-state index contributed by atoms with van der Waals surface area (Å²) in [6.07, 6.45) is 1.85. The maximum absolute atomic E-state index is 11.7. The fourth-order valence-electron chi connectivity index (χ4n) is 4.26. The van der Waals surface area contributed by atoms with E-state index in [4.69, 9.17) is 10.1 Å². The zero-order valence-electron chi connectivity index (χ0n) is 15.6. The molecule has 7 heteroatoms. The Balaban J connectivity index is 2.14. The van der Waals surface area contributed by atoms with E-state index in [9.17, 15) is 20.6 Å². The van der Waals surface area contributed by atoms with Gasteiger partial charge in [0.25, 0.3) is 0 Å². The van der Waals surface area contributed by atoms with Gasteiger partial charge in [-0.1, -0.05) is 18.2 Å². The Kier molecular flexibility index (Phi) is 5.01. The van der Waals surface area contributed by atoms with Crippen molar-refractivity contribution in [2.45, 2.75) is 5.92 Å². The van der Waals surface area contributed by atoms with Crippen LogP contribution >= 0.6 is 0 Å². The van der Waals surface area contributed by atoms with Crippen molar-refractivity contribution in [3.63, 3.8) is 0 Å². The molecule has 0 radical (unpaired) electrons. The second-order valence-corrected chi connectivity index (χ2v) is 7.12. The first-order valence-corrected chi connectivity index (χ1v) is 8.81. The van der Waals surface area contributed by atoms with Crippen LogP contribution in [0.5, 0.6) is 0 Å². The molecule has 3 rings (SSSR count). The normalized spacial score (nSPS) is 26.0. The molecule has 1 fully saturated rings. The van der Waals surface area contributed by atoms with Gasteiger partial charge in [-0.05, 0) is 30.3 Å². The fraction of sp³-hybridized carbons (Fsp3) is 0.381. The molecule has 3 atom stereocenters. The Morgan fingerprint density at radius 3 is 2.43 bits per heavy atom. The van der Waals surface area contributed by atoms with Gasteiger partial charge in [-0.15, -0.1) is 0 Å². The molecule has 0 spiro atoms. The number of hydrogen-bond donors (Lipinski definition) is 1. The number of likely N-dealkylation sites (N-methyl/N-ethyl adjacent to an activating group) is 1. The highest BCUT2D eigenvalue weighted by Crippen LogP contribution is 2.52. The van der Waals surface area contributed by atoms with Gasteiger partial charge in [0, 0.05) is 24.9 Å². The van der Waals surface area contributed by atoms with Crippen LogP contribution in [0.1, 0.15) is 21.8 Å². The van der Waals surface area contributed by atoms with Crippen molar-refractivity contribution in [3.8, 4) is 18.2 Å². The van der Waals surface area contributed by atoms with Crippen molar-refractivity contribution in [1.29, 1.82) is 21.2 Å². The van der Waals surface area contributed by atoms with Crippen molar-refractivity contribution in [2.75, 3.05) is 27.2 Å². The molecule has 0 amide bonds. The summed E-state index contributed by atoms with van der Waals surface area (Å²) in [6, 6.07) is 13.0. The Morgan fingerprint density at radius 2 is 1.89 bits per heavy atom. The zero-order valence-corrected chi connectivity index (χ0v) is 15.6. The predicted octanol–water partition coefficient (Wildman–Crippen LogP) is 2.25. The number of carbonyl (C=O) groups excluding carboxylic acids is 1. The van der Waals surface area contributed by atoms with Crippen molar-refractivity contribution < 1.29 is 9.53 Å². The number of fused-ring (bicyclic) bond motifs is 1. The lowest BCUT2D eigenvalue weighted by Crippen LogP contribution is -2.51. The van der Waals surface area contributed by atoms with E-state index >= 15 is 0 Å². The summed E-state index contributed by atoms with van der Waals surface area (Å²) in [5.41, 5.74) is -0.0807. The highest BCUT2D eigenvalue weighted by molar-refractivity contribution is 6.01. The summed E-state index contributed by atoms with van der Waals surface area (Å²) in [7, 11) is 3.25. The van der Waals surface area contributed by atoms with Gasteiger partial charge in [-0.2, -0.15) is 15.8 Å². The van der Waals surface area contributed by atoms with Crippen LogP contribution in [0.25, 0.3) is 0 Å². The highest BCUT2D eigenvalue weighted by Gasteiger charge is 2.56. The topological polar surface area (TPSA) is 125 Å². The van der Waals surface area contributed by atoms with E-state index in [1.54, 1.807) is 24.3 Å². The van der Waals surface area contributed by atoms with E-state index in [0.29, 0.717) is 24.2 Å². The predicted molar refractivity (Wildman–Crippen MR) is 100 cm³/mol. The molecular weight excluding hydrogens is 354 g/mol. The number of carbonyl (C=O) groups is 1. The maximum atomic E-state index is 11.7. The van der Waals surface area contributed by atoms with Crippen LogP contribution in [-0.4, -0.2) is 43.8 Å². The molecule has 0 saturated heterocycles. The third kappa shape index (κ3) is 2.76. The molecule has 2 aliphatic rings. The monoisotopic (exact) mass is 373 g/mol.